The highest BCUT2D eigenvalue weighted by Gasteiger charge is 2.25. The number of likely N-dealkylation sites (tertiary alicyclic amines) is 1. The van der Waals surface area contributed by atoms with Gasteiger partial charge in [0.1, 0.15) is 0 Å². The molecule has 1 aromatic heterocycles. The molecule has 98 valence electrons. The van der Waals surface area contributed by atoms with Gasteiger partial charge in [-0.1, -0.05) is 6.92 Å². The molecular weight excluding hydrogens is 232 g/mol. The molecule has 0 radical (unpaired) electrons. The molecule has 1 atom stereocenters. The van der Waals surface area contributed by atoms with Crippen molar-refractivity contribution in [3.8, 4) is 0 Å². The standard InChI is InChI=1S/C12H18N4O2/c1-2-11(18)16-5-3-4-8(7-16)9-6-10(17)15-12(13)14-9/h6,8H,2-5,7H2,1H3,(H3,13,14,15,17)/t8-/m0/s1. The maximum atomic E-state index is 11.7. The first-order chi connectivity index (χ1) is 8.60. The SMILES string of the molecule is CCC(=O)N1CCC[C@H](c2cc(=O)[nH]c(N)n2)C1. The number of amides is 1. The van der Waals surface area contributed by atoms with Crippen molar-refractivity contribution in [2.24, 2.45) is 0 Å². The molecule has 0 unspecified atom stereocenters. The van der Waals surface area contributed by atoms with Crippen LogP contribution in [0.2, 0.25) is 0 Å². The Morgan fingerprint density at radius 1 is 1.67 bits per heavy atom. The maximum Gasteiger partial charge on any atom is 0.252 e. The third kappa shape index (κ3) is 2.69. The van der Waals surface area contributed by atoms with Crippen LogP contribution in [0.1, 0.15) is 37.8 Å². The molecule has 6 heteroatoms. The van der Waals surface area contributed by atoms with Gasteiger partial charge in [-0.2, -0.15) is 0 Å². The molecule has 2 rings (SSSR count). The summed E-state index contributed by atoms with van der Waals surface area (Å²) < 4.78 is 0. The molecule has 0 bridgehead atoms. The van der Waals surface area contributed by atoms with Gasteiger partial charge >= 0.3 is 0 Å². The second kappa shape index (κ2) is 5.20. The fourth-order valence-electron chi connectivity index (χ4n) is 2.37. The fraction of sp³-hybridized carbons (Fsp3) is 0.583. The van der Waals surface area contributed by atoms with E-state index >= 15 is 0 Å². The number of carbonyl (C=O) groups excluding carboxylic acids is 1. The van der Waals surface area contributed by atoms with Gasteiger partial charge < -0.3 is 10.6 Å². The van der Waals surface area contributed by atoms with Crippen LogP contribution in [-0.2, 0) is 4.79 Å². The summed E-state index contributed by atoms with van der Waals surface area (Å²) in [4.78, 5) is 31.5. The Morgan fingerprint density at radius 3 is 3.11 bits per heavy atom. The molecule has 0 aromatic carbocycles. The number of hydrogen-bond acceptors (Lipinski definition) is 4. The number of aromatic amines is 1. The van der Waals surface area contributed by atoms with Crippen LogP contribution in [0, 0.1) is 0 Å². The van der Waals surface area contributed by atoms with Gasteiger partial charge in [-0.3, -0.25) is 14.6 Å². The molecule has 3 N–H and O–H groups in total. The van der Waals surface area contributed by atoms with Crippen LogP contribution in [0.3, 0.4) is 0 Å². The fourth-order valence-corrected chi connectivity index (χ4v) is 2.37. The minimum absolute atomic E-state index is 0.110. The molecular formula is C12H18N4O2. The zero-order valence-electron chi connectivity index (χ0n) is 10.5. The van der Waals surface area contributed by atoms with E-state index in [0.29, 0.717) is 18.7 Å². The first-order valence-electron chi connectivity index (χ1n) is 6.24. The van der Waals surface area contributed by atoms with Gasteiger partial charge in [-0.15, -0.1) is 0 Å². The van der Waals surface area contributed by atoms with Gasteiger partial charge in [0.2, 0.25) is 11.9 Å². The number of nitrogens with two attached hydrogens (primary N) is 1. The number of nitrogens with zero attached hydrogens (tertiary/aromatic N) is 2. The van der Waals surface area contributed by atoms with Crippen molar-refractivity contribution in [2.45, 2.75) is 32.1 Å². The Labute approximate surface area is 105 Å². The zero-order chi connectivity index (χ0) is 13.1. The van der Waals surface area contributed by atoms with Crippen molar-refractivity contribution in [3.63, 3.8) is 0 Å². The highest BCUT2D eigenvalue weighted by molar-refractivity contribution is 5.76. The Hall–Kier alpha value is -1.85. The molecule has 1 aromatic rings. The highest BCUT2D eigenvalue weighted by Crippen LogP contribution is 2.25. The lowest BCUT2D eigenvalue weighted by Crippen LogP contribution is -2.39. The quantitative estimate of drug-likeness (QED) is 0.798. The summed E-state index contributed by atoms with van der Waals surface area (Å²) in [5.41, 5.74) is 5.99. The lowest BCUT2D eigenvalue weighted by Gasteiger charge is -2.32. The van der Waals surface area contributed by atoms with E-state index in [4.69, 9.17) is 5.73 Å². The van der Waals surface area contributed by atoms with Gasteiger partial charge in [-0.25, -0.2) is 4.98 Å². The zero-order valence-corrected chi connectivity index (χ0v) is 10.5. The summed E-state index contributed by atoms with van der Waals surface area (Å²) in [5.74, 6) is 0.396. The van der Waals surface area contributed by atoms with Crippen LogP contribution in [-0.4, -0.2) is 33.9 Å². The van der Waals surface area contributed by atoms with Crippen molar-refractivity contribution < 1.29 is 4.79 Å². The van der Waals surface area contributed by atoms with E-state index in [2.05, 4.69) is 9.97 Å². The smallest absolute Gasteiger partial charge is 0.252 e. The Kier molecular flexibility index (Phi) is 3.64. The Morgan fingerprint density at radius 2 is 2.44 bits per heavy atom. The number of rotatable bonds is 2. The number of hydrogen-bond donors (Lipinski definition) is 2. The van der Waals surface area contributed by atoms with Crippen molar-refractivity contribution in [2.75, 3.05) is 18.8 Å². The average Bonchev–Trinajstić information content (AvgIpc) is 2.37. The third-order valence-electron chi connectivity index (χ3n) is 3.27. The van der Waals surface area contributed by atoms with Gasteiger partial charge in [0.15, 0.2) is 0 Å². The van der Waals surface area contributed by atoms with Crippen LogP contribution in [0.15, 0.2) is 10.9 Å². The Bertz CT molecular complexity index is 497. The molecule has 1 fully saturated rings. The van der Waals surface area contributed by atoms with Crippen molar-refractivity contribution in [3.05, 3.63) is 22.1 Å². The van der Waals surface area contributed by atoms with E-state index in [1.165, 1.54) is 6.07 Å². The van der Waals surface area contributed by atoms with Gasteiger partial charge in [0.25, 0.3) is 5.56 Å². The number of nitrogens with one attached hydrogen (secondary N) is 1. The summed E-state index contributed by atoms with van der Waals surface area (Å²) in [5, 5.41) is 0. The van der Waals surface area contributed by atoms with E-state index in [1.54, 1.807) is 0 Å². The molecule has 0 saturated carbocycles. The molecule has 6 nitrogen and oxygen atoms in total. The molecule has 18 heavy (non-hydrogen) atoms. The molecule has 1 amide bonds. The third-order valence-corrected chi connectivity index (χ3v) is 3.27. The van der Waals surface area contributed by atoms with Gasteiger partial charge in [-0.05, 0) is 12.8 Å². The number of carbonyl (C=O) groups is 1. The van der Waals surface area contributed by atoms with Crippen LogP contribution in [0.25, 0.3) is 0 Å². The number of anilines is 1. The monoisotopic (exact) mass is 250 g/mol. The first-order valence-corrected chi connectivity index (χ1v) is 6.24. The van der Waals surface area contributed by atoms with Gasteiger partial charge in [0, 0.05) is 31.5 Å². The van der Waals surface area contributed by atoms with Crippen molar-refractivity contribution in [1.82, 2.24) is 14.9 Å². The lowest BCUT2D eigenvalue weighted by molar-refractivity contribution is -0.132. The van der Waals surface area contributed by atoms with Crippen LogP contribution in [0.5, 0.6) is 0 Å². The number of piperidine rings is 1. The first kappa shape index (κ1) is 12.6. The largest absolute Gasteiger partial charge is 0.369 e. The predicted octanol–water partition coefficient (Wildman–Crippen LogP) is 0.468. The number of H-pyrrole nitrogens is 1. The second-order valence-electron chi connectivity index (χ2n) is 4.59. The topological polar surface area (TPSA) is 92.1 Å². The minimum Gasteiger partial charge on any atom is -0.369 e. The lowest BCUT2D eigenvalue weighted by atomic mass is 9.94. The molecule has 1 saturated heterocycles. The molecule has 1 aliphatic rings. The van der Waals surface area contributed by atoms with Crippen LogP contribution in [0.4, 0.5) is 5.95 Å². The number of aromatic nitrogens is 2. The summed E-state index contributed by atoms with van der Waals surface area (Å²) in [6.07, 6.45) is 2.38. The maximum absolute atomic E-state index is 11.7. The van der Waals surface area contributed by atoms with E-state index < -0.39 is 0 Å². The van der Waals surface area contributed by atoms with E-state index in [0.717, 1.165) is 19.4 Å². The summed E-state index contributed by atoms with van der Waals surface area (Å²) >= 11 is 0. The summed E-state index contributed by atoms with van der Waals surface area (Å²) in [6, 6.07) is 1.47. The van der Waals surface area contributed by atoms with E-state index in [9.17, 15) is 9.59 Å². The Balaban J connectivity index is 2.17. The van der Waals surface area contributed by atoms with E-state index in [1.807, 2.05) is 11.8 Å². The predicted molar refractivity (Wildman–Crippen MR) is 68.1 cm³/mol. The normalized spacial score (nSPS) is 19.8. The van der Waals surface area contributed by atoms with Crippen LogP contribution < -0.4 is 11.3 Å². The van der Waals surface area contributed by atoms with Gasteiger partial charge in [0.05, 0.1) is 5.69 Å². The van der Waals surface area contributed by atoms with Crippen LogP contribution >= 0.6 is 0 Å². The summed E-state index contributed by atoms with van der Waals surface area (Å²) in [6.45, 7) is 3.28. The minimum atomic E-state index is -0.239. The summed E-state index contributed by atoms with van der Waals surface area (Å²) in [7, 11) is 0. The van der Waals surface area contributed by atoms with Crippen molar-refractivity contribution >= 4 is 11.9 Å². The van der Waals surface area contributed by atoms with E-state index in [-0.39, 0.29) is 23.3 Å². The average molecular weight is 250 g/mol. The molecule has 2 heterocycles. The number of nitrogen functional groups attached to an aromatic ring is 1. The second-order valence-corrected chi connectivity index (χ2v) is 4.59. The highest BCUT2D eigenvalue weighted by atomic mass is 16.2. The molecule has 0 spiro atoms. The molecule has 1 aliphatic heterocycles. The molecule has 0 aliphatic carbocycles. The van der Waals surface area contributed by atoms with Crippen molar-refractivity contribution in [1.29, 1.82) is 0 Å².